The van der Waals surface area contributed by atoms with E-state index in [1.54, 1.807) is 7.11 Å². The quantitative estimate of drug-likeness (QED) is 0.339. The summed E-state index contributed by atoms with van der Waals surface area (Å²) < 4.78 is 5.28. The monoisotopic (exact) mass is 526 g/mol. The van der Waals surface area contributed by atoms with Gasteiger partial charge >= 0.3 is 0 Å². The highest BCUT2D eigenvalue weighted by atomic mass is 127. The van der Waals surface area contributed by atoms with Gasteiger partial charge in [0.05, 0.1) is 7.11 Å². The van der Waals surface area contributed by atoms with Gasteiger partial charge in [-0.05, 0) is 49.8 Å². The lowest BCUT2D eigenvalue weighted by Crippen LogP contribution is -2.47. The second-order valence-electron chi connectivity index (χ2n) is 8.83. The fourth-order valence-electron chi connectivity index (χ4n) is 4.81. The number of aliphatic imine (C=N–C) groups is 1. The fourth-order valence-corrected chi connectivity index (χ4v) is 4.81. The second kappa shape index (κ2) is 10.2. The molecule has 2 saturated carbocycles. The number of methoxy groups -OCH3 is 1. The molecule has 3 fully saturated rings. The van der Waals surface area contributed by atoms with Gasteiger partial charge in [-0.15, -0.1) is 24.0 Å². The second-order valence-corrected chi connectivity index (χ2v) is 8.83. The van der Waals surface area contributed by atoms with E-state index in [9.17, 15) is 4.79 Å². The molecule has 0 spiro atoms. The molecule has 1 unspecified atom stereocenters. The predicted octanol–water partition coefficient (Wildman–Crippen LogP) is 3.30. The summed E-state index contributed by atoms with van der Waals surface area (Å²) in [5.74, 6) is 2.37. The Morgan fingerprint density at radius 3 is 2.50 bits per heavy atom. The molecule has 3 aliphatic rings. The van der Waals surface area contributed by atoms with Gasteiger partial charge in [0.2, 0.25) is 5.91 Å². The normalized spacial score (nSPS) is 23.1. The maximum atomic E-state index is 12.7. The number of benzene rings is 1. The molecule has 2 aliphatic carbocycles. The molecular weight excluding hydrogens is 491 g/mol. The van der Waals surface area contributed by atoms with Crippen LogP contribution in [-0.2, 0) is 10.2 Å². The summed E-state index contributed by atoms with van der Waals surface area (Å²) in [5, 5.41) is 7.07. The Labute approximate surface area is 197 Å². The summed E-state index contributed by atoms with van der Waals surface area (Å²) in [6, 6.07) is 8.71. The molecule has 166 valence electrons. The lowest BCUT2D eigenvalue weighted by Gasteiger charge is -2.23. The topological polar surface area (TPSA) is 66.0 Å². The fraction of sp³-hybridized carbons (Fsp3) is 0.652. The zero-order chi connectivity index (χ0) is 20.3. The predicted molar refractivity (Wildman–Crippen MR) is 131 cm³/mol. The van der Waals surface area contributed by atoms with Crippen LogP contribution in [0.4, 0.5) is 0 Å². The average Bonchev–Trinajstić information content (AvgIpc) is 3.15. The molecule has 7 heteroatoms. The molecule has 1 atom stereocenters. The van der Waals surface area contributed by atoms with Gasteiger partial charge in [-0.3, -0.25) is 9.79 Å². The maximum absolute atomic E-state index is 12.7. The third kappa shape index (κ3) is 5.21. The van der Waals surface area contributed by atoms with Crippen LogP contribution in [0.5, 0.6) is 5.75 Å². The Hall–Kier alpha value is -1.51. The van der Waals surface area contributed by atoms with Crippen LogP contribution in [0.3, 0.4) is 0 Å². The van der Waals surface area contributed by atoms with E-state index in [-0.39, 0.29) is 41.4 Å². The number of rotatable bonds is 6. The first-order valence-corrected chi connectivity index (χ1v) is 11.0. The number of nitrogens with one attached hydrogen (secondary N) is 2. The molecule has 1 aromatic rings. The van der Waals surface area contributed by atoms with Gasteiger partial charge < -0.3 is 20.3 Å². The van der Waals surface area contributed by atoms with E-state index in [0.717, 1.165) is 50.6 Å². The first-order valence-electron chi connectivity index (χ1n) is 11.0. The summed E-state index contributed by atoms with van der Waals surface area (Å²) in [7, 11) is 3.52. The van der Waals surface area contributed by atoms with Crippen LogP contribution in [0.1, 0.15) is 50.5 Å². The molecule has 4 rings (SSSR count). The van der Waals surface area contributed by atoms with Gasteiger partial charge in [-0.25, -0.2) is 0 Å². The van der Waals surface area contributed by atoms with Crippen molar-refractivity contribution in [2.45, 2.75) is 56.4 Å². The van der Waals surface area contributed by atoms with Crippen LogP contribution in [0.2, 0.25) is 0 Å². The summed E-state index contributed by atoms with van der Waals surface area (Å²) >= 11 is 0. The van der Waals surface area contributed by atoms with Crippen LogP contribution >= 0.6 is 24.0 Å². The number of guanidine groups is 1. The number of hydrogen-bond donors (Lipinski definition) is 2. The number of carbonyl (C=O) groups is 1. The minimum Gasteiger partial charge on any atom is -0.497 e. The Balaban J connectivity index is 0.00000256. The number of amides is 1. The van der Waals surface area contributed by atoms with Gasteiger partial charge in [0.25, 0.3) is 0 Å². The molecule has 30 heavy (non-hydrogen) atoms. The first-order chi connectivity index (χ1) is 14.1. The van der Waals surface area contributed by atoms with E-state index in [4.69, 9.17) is 4.74 Å². The van der Waals surface area contributed by atoms with E-state index < -0.39 is 0 Å². The van der Waals surface area contributed by atoms with Crippen molar-refractivity contribution >= 4 is 35.8 Å². The van der Waals surface area contributed by atoms with Crippen molar-refractivity contribution in [3.63, 3.8) is 0 Å². The summed E-state index contributed by atoms with van der Waals surface area (Å²) in [5.41, 5.74) is 1.56. The van der Waals surface area contributed by atoms with Crippen LogP contribution < -0.4 is 15.4 Å². The van der Waals surface area contributed by atoms with Crippen molar-refractivity contribution in [1.29, 1.82) is 0 Å². The zero-order valence-corrected chi connectivity index (χ0v) is 20.5. The van der Waals surface area contributed by atoms with E-state index in [2.05, 4.69) is 32.7 Å². The minimum atomic E-state index is 0. The van der Waals surface area contributed by atoms with E-state index in [1.807, 2.05) is 19.2 Å². The molecule has 0 aromatic heterocycles. The SMILES string of the molecule is CN=C(NCC1(c2ccc(OC)cc2)CC1)NC1CCN(C(=O)C2CCCC2)C1.I. The molecule has 1 saturated heterocycles. The van der Waals surface area contributed by atoms with Crippen molar-refractivity contribution in [2.24, 2.45) is 10.9 Å². The zero-order valence-electron chi connectivity index (χ0n) is 18.2. The molecule has 0 bridgehead atoms. The van der Waals surface area contributed by atoms with Crippen molar-refractivity contribution < 1.29 is 9.53 Å². The summed E-state index contributed by atoms with van der Waals surface area (Å²) in [4.78, 5) is 19.1. The third-order valence-electron chi connectivity index (χ3n) is 6.92. The highest BCUT2D eigenvalue weighted by Gasteiger charge is 2.44. The molecule has 2 N–H and O–H groups in total. The highest BCUT2D eigenvalue weighted by molar-refractivity contribution is 14.0. The van der Waals surface area contributed by atoms with Gasteiger partial charge in [-0.1, -0.05) is 25.0 Å². The van der Waals surface area contributed by atoms with Crippen LogP contribution in [0.25, 0.3) is 0 Å². The standard InChI is InChI=1S/C23H34N4O2.HI/c1-24-22(25-16-23(12-13-23)18-7-9-20(29-2)10-8-18)26-19-11-14-27(15-19)21(28)17-5-3-4-6-17;/h7-10,17,19H,3-6,11-16H2,1-2H3,(H2,24,25,26);1H. The molecule has 1 amide bonds. The average molecular weight is 526 g/mol. The number of nitrogens with zero attached hydrogens (tertiary/aromatic N) is 2. The largest absolute Gasteiger partial charge is 0.497 e. The van der Waals surface area contributed by atoms with E-state index in [1.165, 1.54) is 31.2 Å². The number of hydrogen-bond acceptors (Lipinski definition) is 3. The van der Waals surface area contributed by atoms with Gasteiger partial charge in [-0.2, -0.15) is 0 Å². The molecule has 1 heterocycles. The Morgan fingerprint density at radius 2 is 1.90 bits per heavy atom. The van der Waals surface area contributed by atoms with Crippen LogP contribution in [-0.4, -0.2) is 56.6 Å². The van der Waals surface area contributed by atoms with Crippen LogP contribution in [0, 0.1) is 5.92 Å². The van der Waals surface area contributed by atoms with E-state index >= 15 is 0 Å². The van der Waals surface area contributed by atoms with Crippen LogP contribution in [0.15, 0.2) is 29.3 Å². The van der Waals surface area contributed by atoms with Crippen molar-refractivity contribution in [3.8, 4) is 5.75 Å². The Morgan fingerprint density at radius 1 is 1.20 bits per heavy atom. The molecule has 1 aliphatic heterocycles. The lowest BCUT2D eigenvalue weighted by molar-refractivity contribution is -0.134. The molecule has 0 radical (unpaired) electrons. The summed E-state index contributed by atoms with van der Waals surface area (Å²) in [6.45, 7) is 2.52. The minimum absolute atomic E-state index is 0. The van der Waals surface area contributed by atoms with Crippen molar-refractivity contribution in [3.05, 3.63) is 29.8 Å². The smallest absolute Gasteiger partial charge is 0.225 e. The number of ether oxygens (including phenoxy) is 1. The van der Waals surface area contributed by atoms with Crippen molar-refractivity contribution in [1.82, 2.24) is 15.5 Å². The van der Waals surface area contributed by atoms with Gasteiger partial charge in [0.1, 0.15) is 5.75 Å². The van der Waals surface area contributed by atoms with Crippen molar-refractivity contribution in [2.75, 3.05) is 33.8 Å². The molecule has 1 aromatic carbocycles. The van der Waals surface area contributed by atoms with Gasteiger partial charge in [0, 0.05) is 44.1 Å². The Kier molecular flexibility index (Phi) is 7.87. The number of carbonyl (C=O) groups excluding carboxylic acids is 1. The lowest BCUT2D eigenvalue weighted by atomic mass is 9.96. The highest BCUT2D eigenvalue weighted by Crippen LogP contribution is 2.47. The number of likely N-dealkylation sites (tertiary alicyclic amines) is 1. The number of halogens is 1. The summed E-state index contributed by atoms with van der Waals surface area (Å²) in [6.07, 6.45) is 7.93. The maximum Gasteiger partial charge on any atom is 0.225 e. The third-order valence-corrected chi connectivity index (χ3v) is 6.92. The van der Waals surface area contributed by atoms with Gasteiger partial charge in [0.15, 0.2) is 5.96 Å². The molecule has 6 nitrogen and oxygen atoms in total. The van der Waals surface area contributed by atoms with E-state index in [0.29, 0.717) is 5.91 Å². The Bertz CT molecular complexity index is 742. The first kappa shape index (κ1) is 23.2. The molecular formula is C23H35IN4O2.